The molecule has 23 heavy (non-hydrogen) atoms. The SMILES string of the molecule is CCOC(=O)CC1NCCc2cc(S(=O)(=O)C(F)(F)F)ccc21. The average molecular weight is 351 g/mol. The number of esters is 1. The zero-order valence-corrected chi connectivity index (χ0v) is 13.1. The number of halogens is 3. The monoisotopic (exact) mass is 351 g/mol. The number of sulfone groups is 1. The van der Waals surface area contributed by atoms with E-state index in [0.29, 0.717) is 24.1 Å². The van der Waals surface area contributed by atoms with Gasteiger partial charge in [0, 0.05) is 6.04 Å². The van der Waals surface area contributed by atoms with Crippen LogP contribution in [0.1, 0.15) is 30.5 Å². The summed E-state index contributed by atoms with van der Waals surface area (Å²) in [6, 6.07) is 2.88. The fourth-order valence-corrected chi connectivity index (χ4v) is 3.31. The van der Waals surface area contributed by atoms with Gasteiger partial charge in [0.1, 0.15) is 0 Å². The Bertz CT molecular complexity index is 700. The number of alkyl halides is 3. The Balaban J connectivity index is 2.32. The van der Waals surface area contributed by atoms with E-state index in [1.807, 2.05) is 0 Å². The second-order valence-electron chi connectivity index (χ2n) is 5.08. The molecule has 0 spiro atoms. The number of carbonyl (C=O) groups is 1. The molecule has 128 valence electrons. The lowest BCUT2D eigenvalue weighted by Gasteiger charge is -2.27. The first-order valence-electron chi connectivity index (χ1n) is 7.00. The second kappa shape index (κ2) is 6.48. The van der Waals surface area contributed by atoms with Crippen molar-refractivity contribution in [3.8, 4) is 0 Å². The van der Waals surface area contributed by atoms with E-state index in [0.717, 1.165) is 12.1 Å². The molecule has 1 heterocycles. The van der Waals surface area contributed by atoms with E-state index < -0.39 is 32.3 Å². The molecule has 0 bridgehead atoms. The van der Waals surface area contributed by atoms with Crippen molar-refractivity contribution in [3.05, 3.63) is 29.3 Å². The van der Waals surface area contributed by atoms with Gasteiger partial charge in [-0.15, -0.1) is 0 Å². The minimum absolute atomic E-state index is 0.0339. The van der Waals surface area contributed by atoms with Crippen molar-refractivity contribution >= 4 is 15.8 Å². The predicted molar refractivity (Wildman–Crippen MR) is 75.4 cm³/mol. The number of rotatable bonds is 4. The summed E-state index contributed by atoms with van der Waals surface area (Å²) in [5.74, 6) is -0.426. The molecule has 0 saturated carbocycles. The first-order chi connectivity index (χ1) is 10.7. The van der Waals surface area contributed by atoms with Gasteiger partial charge in [-0.2, -0.15) is 13.2 Å². The minimum Gasteiger partial charge on any atom is -0.466 e. The van der Waals surface area contributed by atoms with Crippen LogP contribution in [-0.4, -0.2) is 33.0 Å². The van der Waals surface area contributed by atoms with E-state index >= 15 is 0 Å². The number of fused-ring (bicyclic) bond motifs is 1. The quantitative estimate of drug-likeness (QED) is 0.842. The summed E-state index contributed by atoms with van der Waals surface area (Å²) in [7, 11) is -5.37. The number of ether oxygens (including phenoxy) is 1. The molecule has 2 rings (SSSR count). The lowest BCUT2D eigenvalue weighted by Crippen LogP contribution is -2.32. The van der Waals surface area contributed by atoms with Crippen LogP contribution >= 0.6 is 0 Å². The zero-order chi connectivity index (χ0) is 17.3. The van der Waals surface area contributed by atoms with Gasteiger partial charge in [-0.3, -0.25) is 4.79 Å². The molecular weight excluding hydrogens is 335 g/mol. The highest BCUT2D eigenvalue weighted by Crippen LogP contribution is 2.33. The van der Waals surface area contributed by atoms with Gasteiger partial charge in [0.05, 0.1) is 17.9 Å². The topological polar surface area (TPSA) is 72.5 Å². The molecule has 1 aliphatic rings. The van der Waals surface area contributed by atoms with E-state index in [2.05, 4.69) is 5.32 Å². The maximum atomic E-state index is 12.6. The lowest BCUT2D eigenvalue weighted by molar-refractivity contribution is -0.143. The predicted octanol–water partition coefficient (Wildman–Crippen LogP) is 2.12. The number of nitrogens with one attached hydrogen (secondary N) is 1. The molecule has 9 heteroatoms. The maximum absolute atomic E-state index is 12.6. The van der Waals surface area contributed by atoms with Crippen LogP contribution in [0, 0.1) is 0 Å². The average Bonchev–Trinajstić information content (AvgIpc) is 2.46. The largest absolute Gasteiger partial charge is 0.501 e. The zero-order valence-electron chi connectivity index (χ0n) is 12.3. The number of hydrogen-bond donors (Lipinski definition) is 1. The Labute approximate surface area is 131 Å². The van der Waals surface area contributed by atoms with Crippen molar-refractivity contribution in [1.29, 1.82) is 0 Å². The van der Waals surface area contributed by atoms with Crippen LogP contribution in [0.15, 0.2) is 23.1 Å². The van der Waals surface area contributed by atoms with Crippen molar-refractivity contribution < 1.29 is 31.1 Å². The molecule has 1 aromatic carbocycles. The van der Waals surface area contributed by atoms with Crippen molar-refractivity contribution in [2.75, 3.05) is 13.2 Å². The molecule has 0 aliphatic carbocycles. The summed E-state index contributed by atoms with van der Waals surface area (Å²) in [5.41, 5.74) is -4.23. The summed E-state index contributed by atoms with van der Waals surface area (Å²) in [5, 5.41) is 3.08. The second-order valence-corrected chi connectivity index (χ2v) is 7.02. The third kappa shape index (κ3) is 3.66. The molecule has 0 saturated heterocycles. The Morgan fingerprint density at radius 1 is 1.39 bits per heavy atom. The normalized spacial score (nSPS) is 18.3. The van der Waals surface area contributed by atoms with E-state index in [1.54, 1.807) is 6.92 Å². The Hall–Kier alpha value is -1.61. The first kappa shape index (κ1) is 17.7. The molecule has 0 radical (unpaired) electrons. The Morgan fingerprint density at radius 2 is 2.09 bits per heavy atom. The van der Waals surface area contributed by atoms with Gasteiger partial charge < -0.3 is 10.1 Å². The molecule has 0 fully saturated rings. The van der Waals surface area contributed by atoms with Crippen molar-refractivity contribution in [3.63, 3.8) is 0 Å². The van der Waals surface area contributed by atoms with Crippen LogP contribution in [0.5, 0.6) is 0 Å². The van der Waals surface area contributed by atoms with Crippen LogP contribution in [0.25, 0.3) is 0 Å². The molecular formula is C14H16F3NO4S. The van der Waals surface area contributed by atoms with Gasteiger partial charge >= 0.3 is 11.5 Å². The molecule has 0 amide bonds. The van der Waals surface area contributed by atoms with E-state index in [-0.39, 0.29) is 13.0 Å². The van der Waals surface area contributed by atoms with Crippen molar-refractivity contribution in [1.82, 2.24) is 5.32 Å². The van der Waals surface area contributed by atoms with Gasteiger partial charge in [0.15, 0.2) is 0 Å². The highest BCUT2D eigenvalue weighted by atomic mass is 32.2. The van der Waals surface area contributed by atoms with Crippen molar-refractivity contribution in [2.24, 2.45) is 0 Å². The summed E-state index contributed by atoms with van der Waals surface area (Å²) in [4.78, 5) is 10.8. The van der Waals surface area contributed by atoms with E-state index in [9.17, 15) is 26.4 Å². The lowest BCUT2D eigenvalue weighted by atomic mass is 9.92. The molecule has 1 unspecified atom stereocenters. The van der Waals surface area contributed by atoms with Gasteiger partial charge in [-0.05, 0) is 43.1 Å². The van der Waals surface area contributed by atoms with Gasteiger partial charge in [-0.1, -0.05) is 6.07 Å². The number of hydrogen-bond acceptors (Lipinski definition) is 5. The smallest absolute Gasteiger partial charge is 0.466 e. The van der Waals surface area contributed by atoms with Gasteiger partial charge in [0.2, 0.25) is 0 Å². The molecule has 0 aromatic heterocycles. The highest BCUT2D eigenvalue weighted by Gasteiger charge is 2.47. The van der Waals surface area contributed by atoms with Crippen LogP contribution in [0.2, 0.25) is 0 Å². The van der Waals surface area contributed by atoms with E-state index in [4.69, 9.17) is 4.74 Å². The maximum Gasteiger partial charge on any atom is 0.501 e. The first-order valence-corrected chi connectivity index (χ1v) is 8.48. The Kier molecular flexibility index (Phi) is 5.00. The minimum atomic E-state index is -5.37. The Morgan fingerprint density at radius 3 is 2.70 bits per heavy atom. The molecule has 1 atom stereocenters. The third-order valence-corrected chi connectivity index (χ3v) is 5.05. The number of carbonyl (C=O) groups excluding carboxylic acids is 1. The molecule has 1 aliphatic heterocycles. The highest BCUT2D eigenvalue weighted by molar-refractivity contribution is 7.92. The fraction of sp³-hybridized carbons (Fsp3) is 0.500. The number of benzene rings is 1. The third-order valence-electron chi connectivity index (χ3n) is 3.57. The van der Waals surface area contributed by atoms with Crippen LogP contribution in [0.3, 0.4) is 0 Å². The summed E-state index contributed by atoms with van der Waals surface area (Å²) < 4.78 is 65.7. The van der Waals surface area contributed by atoms with Crippen molar-refractivity contribution in [2.45, 2.75) is 36.2 Å². The fourth-order valence-electron chi connectivity index (χ4n) is 2.50. The van der Waals surface area contributed by atoms with Crippen LogP contribution < -0.4 is 5.32 Å². The molecule has 1 N–H and O–H groups in total. The van der Waals surface area contributed by atoms with E-state index in [1.165, 1.54) is 6.07 Å². The van der Waals surface area contributed by atoms with Gasteiger partial charge in [0.25, 0.3) is 9.84 Å². The van der Waals surface area contributed by atoms with Gasteiger partial charge in [-0.25, -0.2) is 8.42 Å². The molecule has 5 nitrogen and oxygen atoms in total. The van der Waals surface area contributed by atoms with Crippen LogP contribution in [0.4, 0.5) is 13.2 Å². The standard InChI is InChI=1S/C14H16F3NO4S/c1-2-22-13(19)8-12-11-4-3-10(7-9(11)5-6-18-12)23(20,21)14(15,16)17/h3-4,7,12,18H,2,5-6,8H2,1H3. The summed E-state index contributed by atoms with van der Waals surface area (Å²) in [6.07, 6.45) is 0.419. The van der Waals surface area contributed by atoms with Crippen LogP contribution in [-0.2, 0) is 25.8 Å². The summed E-state index contributed by atoms with van der Waals surface area (Å²) in [6.45, 7) is 2.35. The molecule has 1 aromatic rings. The summed E-state index contributed by atoms with van der Waals surface area (Å²) >= 11 is 0.